The number of thiazole rings is 1. The number of amides is 2. The van der Waals surface area contributed by atoms with Gasteiger partial charge in [-0.05, 0) is 74.4 Å². The highest BCUT2D eigenvalue weighted by Crippen LogP contribution is 2.32. The number of aromatic nitrogens is 1. The summed E-state index contributed by atoms with van der Waals surface area (Å²) in [6, 6.07) is 18.2. The van der Waals surface area contributed by atoms with Gasteiger partial charge in [0.2, 0.25) is 0 Å². The molecule has 1 heterocycles. The van der Waals surface area contributed by atoms with Crippen LogP contribution < -0.4 is 10.2 Å². The van der Waals surface area contributed by atoms with Crippen LogP contribution in [0, 0.1) is 0 Å². The van der Waals surface area contributed by atoms with Crippen molar-refractivity contribution in [3.63, 3.8) is 0 Å². The van der Waals surface area contributed by atoms with E-state index in [2.05, 4.69) is 10.3 Å². The molecule has 3 aromatic carbocycles. The van der Waals surface area contributed by atoms with Crippen molar-refractivity contribution < 1.29 is 27.5 Å². The predicted octanol–water partition coefficient (Wildman–Crippen LogP) is 8.07. The van der Waals surface area contributed by atoms with Crippen molar-refractivity contribution in [1.82, 2.24) is 4.98 Å². The molecule has 4 rings (SSSR count). The van der Waals surface area contributed by atoms with Gasteiger partial charge in [0.15, 0.2) is 0 Å². The van der Waals surface area contributed by atoms with Crippen molar-refractivity contribution in [1.29, 1.82) is 0 Å². The molecule has 0 spiro atoms. The van der Waals surface area contributed by atoms with Crippen molar-refractivity contribution >= 4 is 34.7 Å². The van der Waals surface area contributed by atoms with Crippen LogP contribution in [-0.2, 0) is 17.3 Å². The molecule has 0 saturated carbocycles. The average Bonchev–Trinajstić information content (AvgIpc) is 3.42. The summed E-state index contributed by atoms with van der Waals surface area (Å²) in [4.78, 5) is 31.9. The Balaban J connectivity index is 1.51. The average molecular weight is 568 g/mol. The van der Waals surface area contributed by atoms with Crippen LogP contribution in [-0.4, -0.2) is 29.1 Å². The molecule has 208 valence electrons. The van der Waals surface area contributed by atoms with E-state index in [1.807, 2.05) is 5.38 Å². The summed E-state index contributed by atoms with van der Waals surface area (Å²) in [5, 5.41) is 4.75. The van der Waals surface area contributed by atoms with E-state index >= 15 is 0 Å². The highest BCUT2D eigenvalue weighted by Gasteiger charge is 2.30. The lowest BCUT2D eigenvalue weighted by molar-refractivity contribution is -0.137. The van der Waals surface area contributed by atoms with Gasteiger partial charge in [-0.15, -0.1) is 11.3 Å². The molecule has 2 amide bonds. The Morgan fingerprint density at radius 2 is 1.62 bits per heavy atom. The van der Waals surface area contributed by atoms with Crippen LogP contribution in [0.5, 0.6) is 0 Å². The van der Waals surface area contributed by atoms with Gasteiger partial charge in [-0.3, -0.25) is 9.69 Å². The maximum absolute atomic E-state index is 13.2. The lowest BCUT2D eigenvalue weighted by atomic mass is 9.98. The molecule has 0 bridgehead atoms. The molecule has 0 unspecified atom stereocenters. The molecule has 6 nitrogen and oxygen atoms in total. The number of hydrogen-bond donors (Lipinski definition) is 1. The third-order valence-electron chi connectivity index (χ3n) is 5.82. The molecule has 0 aliphatic carbocycles. The number of carbonyl (C=O) groups excluding carboxylic acids is 2. The first kappa shape index (κ1) is 28.8. The first-order chi connectivity index (χ1) is 18.9. The van der Waals surface area contributed by atoms with Gasteiger partial charge in [0, 0.05) is 35.3 Å². The molecule has 1 N–H and O–H groups in total. The summed E-state index contributed by atoms with van der Waals surface area (Å²) in [5.41, 5.74) is 3.55. The second-order valence-electron chi connectivity index (χ2n) is 9.98. The number of nitrogens with one attached hydrogen (secondary N) is 1. The number of nitrogens with zero attached hydrogens (tertiary/aromatic N) is 2. The van der Waals surface area contributed by atoms with E-state index in [1.165, 1.54) is 28.4 Å². The molecule has 40 heavy (non-hydrogen) atoms. The molecule has 0 fully saturated rings. The Labute approximate surface area is 234 Å². The van der Waals surface area contributed by atoms with Gasteiger partial charge in [0.05, 0.1) is 16.8 Å². The van der Waals surface area contributed by atoms with Crippen molar-refractivity contribution in [2.45, 2.75) is 39.0 Å². The van der Waals surface area contributed by atoms with Crippen LogP contribution >= 0.6 is 11.3 Å². The Kier molecular flexibility index (Phi) is 8.58. The summed E-state index contributed by atoms with van der Waals surface area (Å²) in [6.07, 6.45) is -4.39. The predicted molar refractivity (Wildman–Crippen MR) is 151 cm³/mol. The summed E-state index contributed by atoms with van der Waals surface area (Å²) >= 11 is 1.48. The van der Waals surface area contributed by atoms with E-state index in [0.717, 1.165) is 17.8 Å². The van der Waals surface area contributed by atoms with E-state index in [9.17, 15) is 22.8 Å². The van der Waals surface area contributed by atoms with Crippen molar-refractivity contribution in [3.8, 4) is 11.1 Å². The summed E-state index contributed by atoms with van der Waals surface area (Å²) < 4.78 is 44.5. The lowest BCUT2D eigenvalue weighted by Gasteiger charge is -2.27. The topological polar surface area (TPSA) is 71.5 Å². The molecule has 0 saturated heterocycles. The standard InChI is InChI=1S/C30H28F3N3O3S/c1-29(2,3)39-28(38)36(17-16-23-18-40-19-34-23)24-14-12-22(13-15-24)35-27(37)26-7-5-4-6-25(26)20-8-10-21(11-9-20)30(31,32)33/h4-15,18-19H,16-17H2,1-3H3,(H,35,37). The minimum Gasteiger partial charge on any atom is -0.443 e. The van der Waals surface area contributed by atoms with E-state index < -0.39 is 29.3 Å². The minimum absolute atomic E-state index is 0.310. The van der Waals surface area contributed by atoms with Gasteiger partial charge in [0.1, 0.15) is 5.60 Å². The van der Waals surface area contributed by atoms with Gasteiger partial charge in [-0.1, -0.05) is 30.3 Å². The second kappa shape index (κ2) is 11.9. The number of carbonyl (C=O) groups is 2. The molecular weight excluding hydrogens is 539 g/mol. The number of halogens is 3. The fourth-order valence-electron chi connectivity index (χ4n) is 3.92. The van der Waals surface area contributed by atoms with Crippen molar-refractivity contribution in [2.75, 3.05) is 16.8 Å². The molecule has 0 atom stereocenters. The number of anilines is 2. The largest absolute Gasteiger partial charge is 0.443 e. The van der Waals surface area contributed by atoms with Gasteiger partial charge < -0.3 is 10.1 Å². The van der Waals surface area contributed by atoms with E-state index in [0.29, 0.717) is 41.0 Å². The Bertz CT molecular complexity index is 1450. The zero-order valence-electron chi connectivity index (χ0n) is 22.2. The minimum atomic E-state index is -4.44. The Morgan fingerprint density at radius 3 is 2.23 bits per heavy atom. The number of hydrogen-bond acceptors (Lipinski definition) is 5. The Morgan fingerprint density at radius 1 is 0.950 bits per heavy atom. The first-order valence-electron chi connectivity index (χ1n) is 12.5. The molecule has 0 aliphatic rings. The number of benzene rings is 3. The fourth-order valence-corrected chi connectivity index (χ4v) is 4.52. The number of ether oxygens (including phenoxy) is 1. The van der Waals surface area contributed by atoms with Gasteiger partial charge in [0.25, 0.3) is 5.91 Å². The van der Waals surface area contributed by atoms with Crippen LogP contribution in [0.1, 0.15) is 42.4 Å². The number of alkyl halides is 3. The highest BCUT2D eigenvalue weighted by atomic mass is 32.1. The van der Waals surface area contributed by atoms with Crippen LogP contribution in [0.15, 0.2) is 83.7 Å². The van der Waals surface area contributed by atoms with E-state index in [4.69, 9.17) is 4.74 Å². The van der Waals surface area contributed by atoms with Gasteiger partial charge in [-0.25, -0.2) is 9.78 Å². The monoisotopic (exact) mass is 567 g/mol. The third-order valence-corrected chi connectivity index (χ3v) is 6.46. The second-order valence-corrected chi connectivity index (χ2v) is 10.7. The zero-order valence-corrected chi connectivity index (χ0v) is 23.0. The molecule has 4 aromatic rings. The molecule has 0 aliphatic heterocycles. The maximum atomic E-state index is 13.2. The summed E-state index contributed by atoms with van der Waals surface area (Å²) in [6.45, 7) is 5.74. The van der Waals surface area contributed by atoms with Gasteiger partial charge in [-0.2, -0.15) is 13.2 Å². The highest BCUT2D eigenvalue weighted by molar-refractivity contribution is 7.07. The lowest BCUT2D eigenvalue weighted by Crippen LogP contribution is -2.38. The van der Waals surface area contributed by atoms with E-state index in [1.54, 1.807) is 74.8 Å². The molecule has 10 heteroatoms. The first-order valence-corrected chi connectivity index (χ1v) is 13.4. The van der Waals surface area contributed by atoms with Crippen molar-refractivity contribution in [3.05, 3.63) is 101 Å². The fraction of sp³-hybridized carbons (Fsp3) is 0.233. The SMILES string of the molecule is CC(C)(C)OC(=O)N(CCc1cscn1)c1ccc(NC(=O)c2ccccc2-c2ccc(C(F)(F)F)cc2)cc1. The summed E-state index contributed by atoms with van der Waals surface area (Å²) in [7, 11) is 0. The molecule has 0 radical (unpaired) electrons. The van der Waals surface area contributed by atoms with E-state index in [-0.39, 0.29) is 0 Å². The molecule has 1 aromatic heterocycles. The quantitative estimate of drug-likeness (QED) is 0.245. The zero-order chi connectivity index (χ0) is 28.9. The Hall–Kier alpha value is -4.18. The van der Waals surface area contributed by atoms with Crippen LogP contribution in [0.4, 0.5) is 29.3 Å². The third kappa shape index (κ3) is 7.47. The van der Waals surface area contributed by atoms with Crippen LogP contribution in [0.3, 0.4) is 0 Å². The maximum Gasteiger partial charge on any atom is 0.416 e. The van der Waals surface area contributed by atoms with Crippen LogP contribution in [0.25, 0.3) is 11.1 Å². The van der Waals surface area contributed by atoms with Gasteiger partial charge >= 0.3 is 12.3 Å². The normalized spacial score (nSPS) is 11.7. The smallest absolute Gasteiger partial charge is 0.416 e. The molecular formula is C30H28F3N3O3S. The van der Waals surface area contributed by atoms with Crippen LogP contribution in [0.2, 0.25) is 0 Å². The summed E-state index contributed by atoms with van der Waals surface area (Å²) in [5.74, 6) is -0.421. The van der Waals surface area contributed by atoms with Crippen molar-refractivity contribution in [2.24, 2.45) is 0 Å². The number of rotatable bonds is 7.